The summed E-state index contributed by atoms with van der Waals surface area (Å²) >= 11 is 0. The summed E-state index contributed by atoms with van der Waals surface area (Å²) in [6.07, 6.45) is 0.872. The zero-order valence-electron chi connectivity index (χ0n) is 15.0. The van der Waals surface area contributed by atoms with Crippen molar-refractivity contribution >= 4 is 17.5 Å². The molecule has 2 aromatic carbocycles. The van der Waals surface area contributed by atoms with Crippen molar-refractivity contribution in [2.45, 2.75) is 13.3 Å². The molecule has 2 rings (SSSR count). The number of hydrogen-bond acceptors (Lipinski definition) is 5. The molecule has 0 spiro atoms. The van der Waals surface area contributed by atoms with Crippen molar-refractivity contribution in [3.8, 4) is 17.2 Å². The number of methoxy groups -OCH3 is 2. The van der Waals surface area contributed by atoms with Gasteiger partial charge in [-0.15, -0.1) is 0 Å². The summed E-state index contributed by atoms with van der Waals surface area (Å²) in [4.78, 5) is 23.5. The largest absolute Gasteiger partial charge is 0.493 e. The van der Waals surface area contributed by atoms with E-state index in [0.29, 0.717) is 11.3 Å². The number of amides is 2. The van der Waals surface area contributed by atoms with Gasteiger partial charge < -0.3 is 25.3 Å². The molecule has 3 N–H and O–H groups in total. The maximum atomic E-state index is 12.6. The Morgan fingerprint density at radius 1 is 1.08 bits per heavy atom. The molecule has 0 atom stereocenters. The standard InChI is InChI=1S/C19H22N2O5/c1-4-12-6-5-7-14(8-12)21-19(23)13-9-15(24-2)18(16(10-13)25-3)26-11-17(20)22/h5-10H,4,11H2,1-3H3,(H2,20,22)(H,21,23). The number of aryl methyl sites for hydroxylation is 1. The van der Waals surface area contributed by atoms with E-state index < -0.39 is 5.91 Å². The minimum atomic E-state index is -0.633. The summed E-state index contributed by atoms with van der Waals surface area (Å²) in [5.74, 6) is -0.225. The molecule has 0 aliphatic carbocycles. The number of nitrogens with two attached hydrogens (primary N) is 1. The number of nitrogens with one attached hydrogen (secondary N) is 1. The van der Waals surface area contributed by atoms with Gasteiger partial charge in [0.1, 0.15) is 0 Å². The molecule has 0 fully saturated rings. The summed E-state index contributed by atoms with van der Waals surface area (Å²) in [7, 11) is 2.86. The third kappa shape index (κ3) is 4.66. The van der Waals surface area contributed by atoms with Gasteiger partial charge >= 0.3 is 0 Å². The Bertz CT molecular complexity index is 779. The van der Waals surface area contributed by atoms with Crippen molar-refractivity contribution in [3.05, 3.63) is 47.5 Å². The lowest BCUT2D eigenvalue weighted by atomic mass is 10.1. The van der Waals surface area contributed by atoms with Gasteiger partial charge in [0.15, 0.2) is 18.1 Å². The minimum Gasteiger partial charge on any atom is -0.493 e. The van der Waals surface area contributed by atoms with Crippen molar-refractivity contribution in [2.75, 3.05) is 26.1 Å². The van der Waals surface area contributed by atoms with Crippen molar-refractivity contribution in [1.82, 2.24) is 0 Å². The number of anilines is 1. The first-order valence-electron chi connectivity index (χ1n) is 8.05. The Kier molecular flexibility index (Phi) is 6.43. The van der Waals surface area contributed by atoms with E-state index in [1.54, 1.807) is 0 Å². The first kappa shape index (κ1) is 19.1. The van der Waals surface area contributed by atoms with E-state index in [2.05, 4.69) is 5.32 Å². The quantitative estimate of drug-likeness (QED) is 0.755. The smallest absolute Gasteiger partial charge is 0.255 e. The molecule has 0 unspecified atom stereocenters. The normalized spacial score (nSPS) is 10.1. The van der Waals surface area contributed by atoms with Gasteiger partial charge in [0.25, 0.3) is 11.8 Å². The Labute approximate surface area is 152 Å². The molecule has 0 saturated carbocycles. The second-order valence-electron chi connectivity index (χ2n) is 5.47. The summed E-state index contributed by atoms with van der Waals surface area (Å²) < 4.78 is 15.9. The highest BCUT2D eigenvalue weighted by Crippen LogP contribution is 2.38. The zero-order chi connectivity index (χ0) is 19.1. The Morgan fingerprint density at radius 2 is 1.73 bits per heavy atom. The van der Waals surface area contributed by atoms with Gasteiger partial charge in [0.05, 0.1) is 14.2 Å². The summed E-state index contributed by atoms with van der Waals surface area (Å²) in [6, 6.07) is 10.6. The highest BCUT2D eigenvalue weighted by Gasteiger charge is 2.18. The van der Waals surface area contributed by atoms with E-state index in [4.69, 9.17) is 19.9 Å². The third-order valence-corrected chi connectivity index (χ3v) is 3.67. The van der Waals surface area contributed by atoms with Gasteiger partial charge in [-0.05, 0) is 36.2 Å². The topological polar surface area (TPSA) is 99.9 Å². The SMILES string of the molecule is CCc1cccc(NC(=O)c2cc(OC)c(OCC(N)=O)c(OC)c2)c1. The van der Waals surface area contributed by atoms with Crippen LogP contribution in [0.4, 0.5) is 5.69 Å². The van der Waals surface area contributed by atoms with Crippen LogP contribution in [0.1, 0.15) is 22.8 Å². The van der Waals surface area contributed by atoms with E-state index in [1.165, 1.54) is 26.4 Å². The van der Waals surface area contributed by atoms with Gasteiger partial charge in [0, 0.05) is 11.3 Å². The van der Waals surface area contributed by atoms with Gasteiger partial charge in [0.2, 0.25) is 5.75 Å². The van der Waals surface area contributed by atoms with Crippen LogP contribution in [-0.2, 0) is 11.2 Å². The number of carbonyl (C=O) groups excluding carboxylic acids is 2. The first-order valence-corrected chi connectivity index (χ1v) is 8.05. The van der Waals surface area contributed by atoms with Crippen LogP contribution in [0.5, 0.6) is 17.2 Å². The molecule has 7 nitrogen and oxygen atoms in total. The number of carbonyl (C=O) groups is 2. The number of benzene rings is 2. The van der Waals surface area contributed by atoms with E-state index >= 15 is 0 Å². The van der Waals surface area contributed by atoms with Crippen molar-refractivity contribution < 1.29 is 23.8 Å². The molecular formula is C19H22N2O5. The maximum Gasteiger partial charge on any atom is 0.255 e. The van der Waals surface area contributed by atoms with Crippen LogP contribution in [-0.4, -0.2) is 32.6 Å². The Hall–Kier alpha value is -3.22. The van der Waals surface area contributed by atoms with Crippen molar-refractivity contribution in [2.24, 2.45) is 5.73 Å². The van der Waals surface area contributed by atoms with Crippen LogP contribution < -0.4 is 25.3 Å². The highest BCUT2D eigenvalue weighted by atomic mass is 16.5. The van der Waals surface area contributed by atoms with Gasteiger partial charge in [-0.2, -0.15) is 0 Å². The van der Waals surface area contributed by atoms with Gasteiger partial charge in [-0.3, -0.25) is 9.59 Å². The fourth-order valence-corrected chi connectivity index (χ4v) is 2.37. The van der Waals surface area contributed by atoms with E-state index in [1.807, 2.05) is 31.2 Å². The fourth-order valence-electron chi connectivity index (χ4n) is 2.37. The predicted octanol–water partition coefficient (Wildman–Crippen LogP) is 2.38. The highest BCUT2D eigenvalue weighted by molar-refractivity contribution is 6.05. The van der Waals surface area contributed by atoms with Crippen LogP contribution in [0.3, 0.4) is 0 Å². The predicted molar refractivity (Wildman–Crippen MR) is 98.0 cm³/mol. The van der Waals surface area contributed by atoms with E-state index in [0.717, 1.165) is 12.0 Å². The molecule has 0 radical (unpaired) electrons. The molecule has 2 amide bonds. The van der Waals surface area contributed by atoms with Crippen LogP contribution in [0.15, 0.2) is 36.4 Å². The average molecular weight is 358 g/mol. The second-order valence-corrected chi connectivity index (χ2v) is 5.47. The lowest BCUT2D eigenvalue weighted by Crippen LogP contribution is -2.20. The number of rotatable bonds is 8. The number of hydrogen-bond donors (Lipinski definition) is 2. The van der Waals surface area contributed by atoms with Crippen molar-refractivity contribution in [3.63, 3.8) is 0 Å². The third-order valence-electron chi connectivity index (χ3n) is 3.67. The fraction of sp³-hybridized carbons (Fsp3) is 0.263. The minimum absolute atomic E-state index is 0.207. The lowest BCUT2D eigenvalue weighted by molar-refractivity contribution is -0.120. The lowest BCUT2D eigenvalue weighted by Gasteiger charge is -2.15. The van der Waals surface area contributed by atoms with Crippen LogP contribution in [0.2, 0.25) is 0 Å². The molecule has 7 heteroatoms. The number of primary amides is 1. The molecule has 0 bridgehead atoms. The van der Waals surface area contributed by atoms with Crippen LogP contribution >= 0.6 is 0 Å². The van der Waals surface area contributed by atoms with E-state index in [-0.39, 0.29) is 29.8 Å². The van der Waals surface area contributed by atoms with Crippen molar-refractivity contribution in [1.29, 1.82) is 0 Å². The molecule has 2 aromatic rings. The molecule has 26 heavy (non-hydrogen) atoms. The molecule has 0 aliphatic heterocycles. The maximum absolute atomic E-state index is 12.6. The molecule has 0 heterocycles. The second kappa shape index (κ2) is 8.75. The molecule has 0 saturated heterocycles. The molecule has 0 aromatic heterocycles. The molecule has 138 valence electrons. The van der Waals surface area contributed by atoms with Gasteiger partial charge in [-0.1, -0.05) is 19.1 Å². The molecular weight excluding hydrogens is 336 g/mol. The summed E-state index contributed by atoms with van der Waals surface area (Å²) in [6.45, 7) is 1.71. The van der Waals surface area contributed by atoms with Gasteiger partial charge in [-0.25, -0.2) is 0 Å². The zero-order valence-corrected chi connectivity index (χ0v) is 15.0. The van der Waals surface area contributed by atoms with E-state index in [9.17, 15) is 9.59 Å². The molecule has 0 aliphatic rings. The average Bonchev–Trinajstić information content (AvgIpc) is 2.65. The Balaban J connectivity index is 2.30. The monoisotopic (exact) mass is 358 g/mol. The summed E-state index contributed by atoms with van der Waals surface area (Å²) in [5, 5.41) is 2.84. The first-order chi connectivity index (χ1) is 12.5. The number of ether oxygens (including phenoxy) is 3. The van der Waals surface area contributed by atoms with Crippen LogP contribution in [0, 0.1) is 0 Å². The summed E-state index contributed by atoms with van der Waals surface area (Å²) in [5.41, 5.74) is 7.24. The van der Waals surface area contributed by atoms with Crippen LogP contribution in [0.25, 0.3) is 0 Å². The Morgan fingerprint density at radius 3 is 2.27 bits per heavy atom.